The van der Waals surface area contributed by atoms with Crippen molar-refractivity contribution in [1.82, 2.24) is 30.3 Å². The molecule has 2 atom stereocenters. The normalized spacial score (nSPS) is 24.5. The van der Waals surface area contributed by atoms with Crippen molar-refractivity contribution in [2.75, 3.05) is 45.9 Å². The average molecular weight is 641 g/mol. The van der Waals surface area contributed by atoms with Crippen molar-refractivity contribution in [2.24, 2.45) is 11.3 Å². The van der Waals surface area contributed by atoms with E-state index in [4.69, 9.17) is 21.1 Å². The molecule has 0 spiro atoms. The van der Waals surface area contributed by atoms with Crippen molar-refractivity contribution >= 4 is 17.5 Å². The fourth-order valence-electron chi connectivity index (χ4n) is 8.32. The van der Waals surface area contributed by atoms with E-state index in [0.717, 1.165) is 101 Å². The second-order valence-corrected chi connectivity index (χ2v) is 14.4. The fourth-order valence-corrected chi connectivity index (χ4v) is 8.45. The van der Waals surface area contributed by atoms with E-state index in [1.54, 1.807) is 6.33 Å². The first-order valence-corrected chi connectivity index (χ1v) is 18.0. The third-order valence-electron chi connectivity index (χ3n) is 11.1. The second-order valence-electron chi connectivity index (χ2n) is 14.0. The molecule has 1 aromatic carbocycles. The SMILES string of the molecule is O=C([C@@H](Cc1ccc(Cl)cc1)NC1CCN(CCOC2CCCCO2)CC1)N1CCC(Cc2ncn[nH]2)(C2CCCCC2)CC1. The number of halogens is 1. The lowest BCUT2D eigenvalue weighted by Gasteiger charge is -2.48. The maximum absolute atomic E-state index is 14.3. The fraction of sp³-hybridized carbons (Fsp3) is 0.743. The highest BCUT2D eigenvalue weighted by atomic mass is 35.5. The molecular formula is C35H53ClN6O3. The van der Waals surface area contributed by atoms with E-state index >= 15 is 0 Å². The summed E-state index contributed by atoms with van der Waals surface area (Å²) in [5.41, 5.74) is 1.33. The van der Waals surface area contributed by atoms with Crippen LogP contribution in [0.1, 0.15) is 88.4 Å². The lowest BCUT2D eigenvalue weighted by Crippen LogP contribution is -2.56. The highest BCUT2D eigenvalue weighted by molar-refractivity contribution is 6.30. The molecule has 4 heterocycles. The van der Waals surface area contributed by atoms with Crippen molar-refractivity contribution in [3.8, 4) is 0 Å². The molecule has 248 valence electrons. The van der Waals surface area contributed by atoms with Crippen molar-refractivity contribution in [2.45, 2.75) is 108 Å². The van der Waals surface area contributed by atoms with Gasteiger partial charge in [0.1, 0.15) is 12.2 Å². The minimum absolute atomic E-state index is 0.0256. The van der Waals surface area contributed by atoms with Gasteiger partial charge in [0.2, 0.25) is 5.91 Å². The molecule has 10 heteroatoms. The topological polar surface area (TPSA) is 95.6 Å². The van der Waals surface area contributed by atoms with Gasteiger partial charge in [-0.05, 0) is 106 Å². The molecule has 9 nitrogen and oxygen atoms in total. The number of hydrogen-bond donors (Lipinski definition) is 2. The molecule has 0 bridgehead atoms. The monoisotopic (exact) mass is 640 g/mol. The lowest BCUT2D eigenvalue weighted by molar-refractivity contribution is -0.164. The number of amides is 1. The molecule has 6 rings (SSSR count). The van der Waals surface area contributed by atoms with E-state index in [2.05, 4.69) is 42.4 Å². The van der Waals surface area contributed by atoms with Crippen LogP contribution in [-0.4, -0.2) is 95.2 Å². The minimum atomic E-state index is -0.244. The number of ether oxygens (including phenoxy) is 2. The highest BCUT2D eigenvalue weighted by Crippen LogP contribution is 2.47. The minimum Gasteiger partial charge on any atom is -0.353 e. The van der Waals surface area contributed by atoms with Crippen LogP contribution in [0.5, 0.6) is 0 Å². The number of piperidine rings is 2. The van der Waals surface area contributed by atoms with Crippen molar-refractivity contribution in [3.05, 3.63) is 47.0 Å². The summed E-state index contributed by atoms with van der Waals surface area (Å²) in [4.78, 5) is 23.4. The molecule has 1 unspecified atom stereocenters. The van der Waals surface area contributed by atoms with E-state index in [1.165, 1.54) is 38.5 Å². The Kier molecular flexibility index (Phi) is 11.8. The Hall–Kier alpha value is -2.04. The molecule has 4 aliphatic rings. The van der Waals surface area contributed by atoms with E-state index in [0.29, 0.717) is 25.0 Å². The van der Waals surface area contributed by atoms with Crippen molar-refractivity contribution in [3.63, 3.8) is 0 Å². The van der Waals surface area contributed by atoms with E-state index in [9.17, 15) is 4.79 Å². The largest absolute Gasteiger partial charge is 0.353 e. The number of carbonyl (C=O) groups excluding carboxylic acids is 1. The smallest absolute Gasteiger partial charge is 0.240 e. The van der Waals surface area contributed by atoms with Crippen LogP contribution in [0.15, 0.2) is 30.6 Å². The number of carbonyl (C=O) groups is 1. The van der Waals surface area contributed by atoms with Gasteiger partial charge < -0.3 is 24.6 Å². The van der Waals surface area contributed by atoms with Crippen LogP contribution in [0.2, 0.25) is 5.02 Å². The standard InChI is InChI=1S/C35H53ClN6O3/c36-29-11-9-27(10-12-29)24-31(39-30-13-17-41(18-14-30)21-23-45-33-8-4-5-22-44-33)34(43)42-19-15-35(16-20-42,25-32-37-26-38-40-32)28-6-2-1-3-7-28/h9-12,26,28,30-31,33,39H,1-8,13-25H2,(H,37,38,40)/t31-,33?/m1/s1. The van der Waals surface area contributed by atoms with Gasteiger partial charge in [-0.15, -0.1) is 0 Å². The Morgan fingerprint density at radius 2 is 1.78 bits per heavy atom. The van der Waals surface area contributed by atoms with Gasteiger partial charge in [0.25, 0.3) is 0 Å². The Balaban J connectivity index is 1.05. The first-order valence-electron chi connectivity index (χ1n) is 17.7. The molecule has 1 saturated carbocycles. The van der Waals surface area contributed by atoms with E-state index < -0.39 is 0 Å². The third kappa shape index (κ3) is 9.07. The predicted molar refractivity (Wildman–Crippen MR) is 176 cm³/mol. The Morgan fingerprint density at radius 1 is 1.02 bits per heavy atom. The zero-order valence-electron chi connectivity index (χ0n) is 26.9. The van der Waals surface area contributed by atoms with Crippen LogP contribution in [0, 0.1) is 11.3 Å². The second kappa shape index (κ2) is 16.2. The average Bonchev–Trinajstić information content (AvgIpc) is 3.60. The first kappa shape index (κ1) is 32.9. The van der Waals surface area contributed by atoms with Gasteiger partial charge in [-0.2, -0.15) is 5.10 Å². The molecule has 3 saturated heterocycles. The number of hydrogen-bond acceptors (Lipinski definition) is 7. The summed E-state index contributed by atoms with van der Waals surface area (Å²) in [6.45, 7) is 6.13. The van der Waals surface area contributed by atoms with Crippen LogP contribution in [-0.2, 0) is 27.1 Å². The number of benzene rings is 1. The van der Waals surface area contributed by atoms with Gasteiger partial charge in [0.05, 0.1) is 12.6 Å². The number of rotatable bonds is 12. The Morgan fingerprint density at radius 3 is 2.47 bits per heavy atom. The number of H-pyrrole nitrogens is 1. The number of aromatic amines is 1. The number of nitrogens with zero attached hydrogens (tertiary/aromatic N) is 4. The van der Waals surface area contributed by atoms with Crippen LogP contribution in [0.25, 0.3) is 0 Å². The highest BCUT2D eigenvalue weighted by Gasteiger charge is 2.44. The number of likely N-dealkylation sites (tertiary alicyclic amines) is 2. The maximum atomic E-state index is 14.3. The van der Waals surface area contributed by atoms with Crippen molar-refractivity contribution < 1.29 is 14.3 Å². The van der Waals surface area contributed by atoms with Crippen LogP contribution < -0.4 is 5.32 Å². The summed E-state index contributed by atoms with van der Waals surface area (Å²) >= 11 is 6.20. The molecule has 3 aliphatic heterocycles. The molecule has 1 amide bonds. The summed E-state index contributed by atoms with van der Waals surface area (Å²) in [5.74, 6) is 1.93. The van der Waals surface area contributed by atoms with Gasteiger partial charge >= 0.3 is 0 Å². The summed E-state index contributed by atoms with van der Waals surface area (Å²) in [5, 5.41) is 11.8. The third-order valence-corrected chi connectivity index (χ3v) is 11.3. The maximum Gasteiger partial charge on any atom is 0.240 e. The van der Waals surface area contributed by atoms with E-state index in [-0.39, 0.29) is 23.7 Å². The summed E-state index contributed by atoms with van der Waals surface area (Å²) < 4.78 is 11.7. The molecule has 2 N–H and O–H groups in total. The molecule has 45 heavy (non-hydrogen) atoms. The molecule has 1 aromatic heterocycles. The van der Waals surface area contributed by atoms with Crippen molar-refractivity contribution in [1.29, 1.82) is 0 Å². The van der Waals surface area contributed by atoms with Gasteiger partial charge in [-0.3, -0.25) is 9.89 Å². The summed E-state index contributed by atoms with van der Waals surface area (Å²) in [6, 6.07) is 8.06. The Labute approximate surface area is 274 Å². The molecule has 4 fully saturated rings. The van der Waals surface area contributed by atoms with Gasteiger partial charge in [0, 0.05) is 43.7 Å². The van der Waals surface area contributed by atoms with E-state index in [1.807, 2.05) is 12.1 Å². The quantitative estimate of drug-likeness (QED) is 0.321. The zero-order chi connectivity index (χ0) is 30.9. The first-order chi connectivity index (χ1) is 22.1. The van der Waals surface area contributed by atoms with Crippen LogP contribution in [0.4, 0.5) is 0 Å². The molecule has 1 aliphatic carbocycles. The summed E-state index contributed by atoms with van der Waals surface area (Å²) in [7, 11) is 0. The molecular weight excluding hydrogens is 588 g/mol. The van der Waals surface area contributed by atoms with Crippen LogP contribution >= 0.6 is 11.6 Å². The number of aromatic nitrogens is 3. The van der Waals surface area contributed by atoms with Gasteiger partial charge in [-0.1, -0.05) is 43.0 Å². The number of nitrogens with one attached hydrogen (secondary N) is 2. The van der Waals surface area contributed by atoms with Crippen LogP contribution in [0.3, 0.4) is 0 Å². The molecule has 0 radical (unpaired) electrons. The van der Waals surface area contributed by atoms with Gasteiger partial charge in [0.15, 0.2) is 6.29 Å². The van der Waals surface area contributed by atoms with Gasteiger partial charge in [-0.25, -0.2) is 4.98 Å². The molecule has 2 aromatic rings. The summed E-state index contributed by atoms with van der Waals surface area (Å²) in [6.07, 6.45) is 17.3. The Bertz CT molecular complexity index is 1150. The lowest BCUT2D eigenvalue weighted by atomic mass is 9.62. The predicted octanol–water partition coefficient (Wildman–Crippen LogP) is 5.40. The zero-order valence-corrected chi connectivity index (χ0v) is 27.7.